The summed E-state index contributed by atoms with van der Waals surface area (Å²) in [7, 11) is 0. The lowest BCUT2D eigenvalue weighted by Crippen LogP contribution is -1.91. The fraction of sp³-hybridized carbons (Fsp3) is 0.800. The van der Waals surface area contributed by atoms with Gasteiger partial charge in [0.2, 0.25) is 0 Å². The van der Waals surface area contributed by atoms with Crippen molar-refractivity contribution in [1.82, 2.24) is 0 Å². The molecule has 0 aliphatic carbocycles. The van der Waals surface area contributed by atoms with Crippen LogP contribution in [0.2, 0.25) is 0 Å². The van der Waals surface area contributed by atoms with Crippen LogP contribution in [0.5, 0.6) is 0 Å². The Morgan fingerprint density at radius 2 is 1.10 bits per heavy atom. The molecule has 128 valence electrons. The molecule has 0 amide bonds. The second-order valence-corrected chi connectivity index (χ2v) is 4.61. The van der Waals surface area contributed by atoms with Crippen molar-refractivity contribution in [3.63, 3.8) is 0 Å². The van der Waals surface area contributed by atoms with Gasteiger partial charge in [0, 0.05) is 0 Å². The minimum atomic E-state index is 0. The number of rotatable bonds is 4. The van der Waals surface area contributed by atoms with Gasteiger partial charge in [-0.2, -0.15) is 0 Å². The fourth-order valence-corrected chi connectivity index (χ4v) is 1.21. The molecule has 20 heavy (non-hydrogen) atoms. The summed E-state index contributed by atoms with van der Waals surface area (Å²) in [5.41, 5.74) is 4.60. The third-order valence-electron chi connectivity index (χ3n) is 3.63. The van der Waals surface area contributed by atoms with Crippen LogP contribution < -0.4 is 0 Å². The van der Waals surface area contributed by atoms with Gasteiger partial charge in [-0.05, 0) is 52.9 Å². The Bertz CT molecular complexity index is 206. The predicted octanol–water partition coefficient (Wildman–Crippen LogP) is 8.69. The molecular weight excluding hydrogens is 240 g/mol. The lowest BCUT2D eigenvalue weighted by Gasteiger charge is -2.06. The van der Waals surface area contributed by atoms with Gasteiger partial charge in [0.05, 0.1) is 0 Å². The molecule has 0 bridgehead atoms. The molecule has 0 saturated heterocycles. The summed E-state index contributed by atoms with van der Waals surface area (Å²) in [6.45, 7) is 17.6. The molecular formula is C20H48. The maximum Gasteiger partial charge on any atom is -0.0237 e. The van der Waals surface area contributed by atoms with Crippen LogP contribution in [0.3, 0.4) is 0 Å². The van der Waals surface area contributed by atoms with E-state index in [9.17, 15) is 0 Å². The van der Waals surface area contributed by atoms with E-state index >= 15 is 0 Å². The topological polar surface area (TPSA) is 0 Å². The lowest BCUT2D eigenvalue weighted by molar-refractivity contribution is 0.654. The molecule has 0 aliphatic rings. The van der Waals surface area contributed by atoms with Gasteiger partial charge in [-0.25, -0.2) is 0 Å². The van der Waals surface area contributed by atoms with Crippen LogP contribution in [-0.2, 0) is 0 Å². The third kappa shape index (κ3) is 19.8. The zero-order chi connectivity index (χ0) is 13.1. The average Bonchev–Trinajstić information content (AvgIpc) is 2.35. The van der Waals surface area contributed by atoms with Gasteiger partial charge in [0.25, 0.3) is 0 Å². The number of hydrogen-bond donors (Lipinski definition) is 0. The molecule has 0 aromatic carbocycles. The van der Waals surface area contributed by atoms with E-state index in [-0.39, 0.29) is 29.7 Å². The molecule has 0 fully saturated rings. The summed E-state index contributed by atoms with van der Waals surface area (Å²) in [4.78, 5) is 0. The van der Waals surface area contributed by atoms with E-state index in [0.29, 0.717) is 0 Å². The van der Waals surface area contributed by atoms with E-state index in [0.717, 1.165) is 5.92 Å². The first-order valence-electron chi connectivity index (χ1n) is 6.72. The van der Waals surface area contributed by atoms with Crippen LogP contribution in [0.25, 0.3) is 0 Å². The normalized spacial score (nSPS) is 11.9. The molecule has 1 unspecified atom stereocenters. The van der Waals surface area contributed by atoms with Crippen LogP contribution >= 0.6 is 0 Å². The Morgan fingerprint density at radius 3 is 1.20 bits per heavy atom. The molecule has 0 spiro atoms. The number of hydrogen-bond acceptors (Lipinski definition) is 0. The van der Waals surface area contributed by atoms with Gasteiger partial charge < -0.3 is 0 Å². The quantitative estimate of drug-likeness (QED) is 0.454. The molecule has 0 saturated carbocycles. The Balaban J connectivity index is -0.0000000408. The molecule has 0 N–H and O–H groups in total. The second kappa shape index (κ2) is 23.6. The first kappa shape index (κ1) is 36.6. The number of allylic oxidation sites excluding steroid dienone is 4. The van der Waals surface area contributed by atoms with Gasteiger partial charge in [-0.1, -0.05) is 80.2 Å². The maximum atomic E-state index is 2.26. The highest BCUT2D eigenvalue weighted by Gasteiger charge is 1.96. The van der Waals surface area contributed by atoms with Crippen LogP contribution in [0, 0.1) is 5.92 Å². The van der Waals surface area contributed by atoms with Crippen molar-refractivity contribution in [2.24, 2.45) is 5.92 Å². The largest absolute Gasteiger partial charge is 0.0885 e. The van der Waals surface area contributed by atoms with E-state index in [2.05, 4.69) is 61.5 Å². The molecule has 0 rings (SSSR count). The van der Waals surface area contributed by atoms with Gasteiger partial charge in [0.15, 0.2) is 0 Å². The summed E-state index contributed by atoms with van der Waals surface area (Å²) in [5, 5.41) is 0. The van der Waals surface area contributed by atoms with E-state index in [1.807, 2.05) is 0 Å². The Labute approximate surface area is 133 Å². The van der Waals surface area contributed by atoms with E-state index in [1.54, 1.807) is 11.1 Å². The summed E-state index contributed by atoms with van der Waals surface area (Å²) in [5.74, 6) is 0.778. The molecule has 0 radical (unpaired) electrons. The van der Waals surface area contributed by atoms with Gasteiger partial charge in [-0.15, -0.1) is 0 Å². The highest BCUT2D eigenvalue weighted by Crippen LogP contribution is 2.11. The van der Waals surface area contributed by atoms with E-state index in [1.165, 1.54) is 24.8 Å². The first-order chi connectivity index (χ1) is 7.44. The Kier molecular flexibility index (Phi) is 43.1. The molecule has 0 heteroatoms. The van der Waals surface area contributed by atoms with Crippen molar-refractivity contribution >= 4 is 0 Å². The van der Waals surface area contributed by atoms with E-state index < -0.39 is 0 Å². The minimum Gasteiger partial charge on any atom is -0.0885 e. The molecule has 0 aliphatic heterocycles. The fourth-order valence-electron chi connectivity index (χ4n) is 1.21. The van der Waals surface area contributed by atoms with E-state index in [4.69, 9.17) is 0 Å². The molecule has 0 nitrogen and oxygen atoms in total. The average molecular weight is 289 g/mol. The summed E-state index contributed by atoms with van der Waals surface area (Å²) < 4.78 is 0. The first-order valence-corrected chi connectivity index (χ1v) is 6.72. The summed E-state index contributed by atoms with van der Waals surface area (Å²) in [6, 6.07) is 0. The minimum absolute atomic E-state index is 0. The van der Waals surface area contributed by atoms with Crippen LogP contribution in [0.1, 0.15) is 104 Å². The van der Waals surface area contributed by atoms with Crippen molar-refractivity contribution < 1.29 is 0 Å². The van der Waals surface area contributed by atoms with Crippen molar-refractivity contribution in [3.8, 4) is 0 Å². The van der Waals surface area contributed by atoms with Crippen molar-refractivity contribution in [1.29, 1.82) is 0 Å². The van der Waals surface area contributed by atoms with Crippen LogP contribution in [-0.4, -0.2) is 0 Å². The third-order valence-corrected chi connectivity index (χ3v) is 3.63. The van der Waals surface area contributed by atoms with Gasteiger partial charge in [-0.3, -0.25) is 0 Å². The standard InChI is InChI=1S/2C8H16.4CH4/c2*1-5-7(3)8(4)6-2;;;;/h5-6H2,1-4H3;5,8H,6H2,1-4H3;4*1H4/b8-7-;7-5-;;;;. The van der Waals surface area contributed by atoms with Crippen molar-refractivity contribution in [3.05, 3.63) is 22.8 Å². The monoisotopic (exact) mass is 288 g/mol. The van der Waals surface area contributed by atoms with Crippen molar-refractivity contribution in [2.45, 2.75) is 104 Å². The Morgan fingerprint density at radius 1 is 0.800 bits per heavy atom. The van der Waals surface area contributed by atoms with Crippen molar-refractivity contribution in [2.75, 3.05) is 0 Å². The SMILES string of the molecule is C.C.C.C.C/C=C(/C)C(C)CC.CC/C(C)=C(/C)CC. The summed E-state index contributed by atoms with van der Waals surface area (Å²) in [6.07, 6.45) is 5.86. The molecule has 0 aromatic heterocycles. The molecule has 1 atom stereocenters. The molecule has 0 aromatic rings. The van der Waals surface area contributed by atoms with Gasteiger partial charge in [0.1, 0.15) is 0 Å². The smallest absolute Gasteiger partial charge is 0.0237 e. The highest BCUT2D eigenvalue weighted by molar-refractivity contribution is 5.07. The Hall–Kier alpha value is -0.520. The zero-order valence-electron chi connectivity index (χ0n) is 12.8. The second-order valence-electron chi connectivity index (χ2n) is 4.61. The molecule has 0 heterocycles. The van der Waals surface area contributed by atoms with Gasteiger partial charge >= 0.3 is 0 Å². The summed E-state index contributed by atoms with van der Waals surface area (Å²) >= 11 is 0. The predicted molar refractivity (Wildman–Crippen MR) is 105 cm³/mol. The lowest BCUT2D eigenvalue weighted by atomic mass is 10.0. The maximum absolute atomic E-state index is 2.26. The highest BCUT2D eigenvalue weighted by atomic mass is 14.0. The zero-order valence-corrected chi connectivity index (χ0v) is 12.8. The van der Waals surface area contributed by atoms with Crippen LogP contribution in [0.15, 0.2) is 22.8 Å². The van der Waals surface area contributed by atoms with Crippen LogP contribution in [0.4, 0.5) is 0 Å².